The molecule has 8 heteroatoms. The molecular formula is C24H20ClNO5S. The second-order valence-corrected chi connectivity index (χ2v) is 8.50. The standard InChI is InChI=1S/C24H20ClNO5S/c1-13-15(25)6-4-7-16(13)26-21(14-9-10-17(30-2)18(12-14)31-3)20(23(28)24(26)29)22(27)19-8-5-11-32-19/h4-12,21,28H,1-3H3. The number of amides is 1. The van der Waals surface area contributed by atoms with Crippen molar-refractivity contribution in [2.45, 2.75) is 13.0 Å². The summed E-state index contributed by atoms with van der Waals surface area (Å²) >= 11 is 7.57. The smallest absolute Gasteiger partial charge is 0.294 e. The van der Waals surface area contributed by atoms with Crippen LogP contribution in [0.2, 0.25) is 5.02 Å². The van der Waals surface area contributed by atoms with E-state index in [-0.39, 0.29) is 5.57 Å². The Morgan fingerprint density at radius 3 is 2.50 bits per heavy atom. The molecule has 3 aromatic rings. The zero-order valence-corrected chi connectivity index (χ0v) is 19.2. The molecular weight excluding hydrogens is 450 g/mol. The molecule has 6 nitrogen and oxygen atoms in total. The molecule has 0 saturated carbocycles. The van der Waals surface area contributed by atoms with Crippen LogP contribution in [0.5, 0.6) is 11.5 Å². The van der Waals surface area contributed by atoms with E-state index in [1.807, 2.05) is 0 Å². The zero-order chi connectivity index (χ0) is 23.0. The van der Waals surface area contributed by atoms with Crippen molar-refractivity contribution in [3.05, 3.63) is 86.3 Å². The lowest BCUT2D eigenvalue weighted by atomic mass is 9.94. The number of aliphatic hydroxyl groups is 1. The summed E-state index contributed by atoms with van der Waals surface area (Å²) in [6.07, 6.45) is 0. The fraction of sp³-hybridized carbons (Fsp3) is 0.167. The summed E-state index contributed by atoms with van der Waals surface area (Å²) < 4.78 is 10.8. The number of carbonyl (C=O) groups excluding carboxylic acids is 2. The van der Waals surface area contributed by atoms with E-state index in [0.717, 1.165) is 0 Å². The summed E-state index contributed by atoms with van der Waals surface area (Å²) in [5.74, 6) is -0.717. The Labute approximate surface area is 194 Å². The minimum Gasteiger partial charge on any atom is -0.503 e. The maximum absolute atomic E-state index is 13.4. The molecule has 1 aliphatic heterocycles. The van der Waals surface area contributed by atoms with Crippen molar-refractivity contribution in [1.29, 1.82) is 0 Å². The SMILES string of the molecule is COc1ccc(C2C(C(=O)c3cccs3)=C(O)C(=O)N2c2cccc(Cl)c2C)cc1OC. The molecule has 1 N–H and O–H groups in total. The summed E-state index contributed by atoms with van der Waals surface area (Å²) in [7, 11) is 3.03. The van der Waals surface area contributed by atoms with Crippen LogP contribution in [-0.4, -0.2) is 31.0 Å². The molecule has 1 atom stereocenters. The molecule has 1 aromatic heterocycles. The van der Waals surface area contributed by atoms with E-state index in [2.05, 4.69) is 0 Å². The fourth-order valence-corrected chi connectivity index (χ4v) is 4.67. The van der Waals surface area contributed by atoms with Crippen molar-refractivity contribution in [1.82, 2.24) is 0 Å². The summed E-state index contributed by atoms with van der Waals surface area (Å²) in [4.78, 5) is 28.5. The number of benzene rings is 2. The van der Waals surface area contributed by atoms with Crippen molar-refractivity contribution >= 4 is 40.3 Å². The van der Waals surface area contributed by atoms with Gasteiger partial charge in [0.2, 0.25) is 5.78 Å². The quantitative estimate of drug-likeness (QED) is 0.482. The van der Waals surface area contributed by atoms with Gasteiger partial charge in [-0.25, -0.2) is 0 Å². The fourth-order valence-electron chi connectivity index (χ4n) is 3.82. The molecule has 2 aromatic carbocycles. The van der Waals surface area contributed by atoms with Crippen LogP contribution < -0.4 is 14.4 Å². The van der Waals surface area contributed by atoms with Gasteiger partial charge in [-0.05, 0) is 53.8 Å². The van der Waals surface area contributed by atoms with Gasteiger partial charge in [0, 0.05) is 10.7 Å². The average molecular weight is 470 g/mol. The van der Waals surface area contributed by atoms with Gasteiger partial charge in [-0.2, -0.15) is 0 Å². The number of aliphatic hydroxyl groups excluding tert-OH is 1. The van der Waals surface area contributed by atoms with Gasteiger partial charge in [0.1, 0.15) is 0 Å². The highest BCUT2D eigenvalue weighted by molar-refractivity contribution is 7.12. The lowest BCUT2D eigenvalue weighted by Gasteiger charge is -2.29. The highest BCUT2D eigenvalue weighted by atomic mass is 35.5. The second-order valence-electron chi connectivity index (χ2n) is 7.14. The Hall–Kier alpha value is -3.29. The van der Waals surface area contributed by atoms with E-state index >= 15 is 0 Å². The summed E-state index contributed by atoms with van der Waals surface area (Å²) in [6.45, 7) is 1.78. The number of carbonyl (C=O) groups is 2. The zero-order valence-electron chi connectivity index (χ0n) is 17.6. The third-order valence-corrected chi connectivity index (χ3v) is 6.70. The van der Waals surface area contributed by atoms with Crippen molar-refractivity contribution in [2.24, 2.45) is 0 Å². The second kappa shape index (κ2) is 8.68. The lowest BCUT2D eigenvalue weighted by molar-refractivity contribution is -0.117. The number of anilines is 1. The average Bonchev–Trinajstić information content (AvgIpc) is 3.42. The van der Waals surface area contributed by atoms with E-state index < -0.39 is 23.5 Å². The van der Waals surface area contributed by atoms with Gasteiger partial charge in [-0.1, -0.05) is 29.8 Å². The number of nitrogens with zero attached hydrogens (tertiary/aromatic N) is 1. The van der Waals surface area contributed by atoms with Crippen LogP contribution in [0.4, 0.5) is 5.69 Å². The highest BCUT2D eigenvalue weighted by Gasteiger charge is 2.45. The normalized spacial score (nSPS) is 15.9. The maximum Gasteiger partial charge on any atom is 0.294 e. The number of methoxy groups -OCH3 is 2. The Morgan fingerprint density at radius 1 is 1.09 bits per heavy atom. The molecule has 0 saturated heterocycles. The number of rotatable bonds is 6. The molecule has 0 fully saturated rings. The third kappa shape index (κ3) is 3.53. The largest absolute Gasteiger partial charge is 0.503 e. The summed E-state index contributed by atoms with van der Waals surface area (Å²) in [5.41, 5.74) is 1.75. The van der Waals surface area contributed by atoms with Crippen LogP contribution in [0, 0.1) is 6.92 Å². The van der Waals surface area contributed by atoms with E-state index in [0.29, 0.717) is 38.2 Å². The Kier molecular flexibility index (Phi) is 5.95. The molecule has 0 bridgehead atoms. The van der Waals surface area contributed by atoms with Crippen LogP contribution in [0.15, 0.2) is 65.2 Å². The van der Waals surface area contributed by atoms with E-state index in [1.165, 1.54) is 30.5 Å². The highest BCUT2D eigenvalue weighted by Crippen LogP contribution is 2.45. The van der Waals surface area contributed by atoms with Gasteiger partial charge < -0.3 is 14.6 Å². The Bertz CT molecular complexity index is 1240. The molecule has 164 valence electrons. The van der Waals surface area contributed by atoms with Crippen molar-refractivity contribution in [3.63, 3.8) is 0 Å². The van der Waals surface area contributed by atoms with E-state index in [9.17, 15) is 14.7 Å². The van der Waals surface area contributed by atoms with Crippen molar-refractivity contribution < 1.29 is 24.2 Å². The monoisotopic (exact) mass is 469 g/mol. The summed E-state index contributed by atoms with van der Waals surface area (Å²) in [6, 6.07) is 12.8. The van der Waals surface area contributed by atoms with Crippen LogP contribution in [0.25, 0.3) is 0 Å². The first-order chi connectivity index (χ1) is 15.4. The topological polar surface area (TPSA) is 76.1 Å². The number of thiophene rings is 1. The Balaban J connectivity index is 1.94. The third-order valence-electron chi connectivity index (χ3n) is 5.42. The number of halogens is 1. The van der Waals surface area contributed by atoms with Gasteiger partial charge >= 0.3 is 0 Å². The molecule has 0 radical (unpaired) electrons. The van der Waals surface area contributed by atoms with Crippen molar-refractivity contribution in [2.75, 3.05) is 19.1 Å². The van der Waals surface area contributed by atoms with Crippen molar-refractivity contribution in [3.8, 4) is 11.5 Å². The van der Waals surface area contributed by atoms with Gasteiger partial charge in [-0.15, -0.1) is 11.3 Å². The number of hydrogen-bond donors (Lipinski definition) is 1. The number of Topliss-reactive ketones (excluding diaryl/α,β-unsaturated/α-hetero) is 1. The number of ketones is 1. The Morgan fingerprint density at radius 2 is 1.84 bits per heavy atom. The minimum absolute atomic E-state index is 0.00375. The first-order valence-corrected chi connectivity index (χ1v) is 11.0. The van der Waals surface area contributed by atoms with E-state index in [1.54, 1.807) is 60.8 Å². The van der Waals surface area contributed by atoms with E-state index in [4.69, 9.17) is 21.1 Å². The maximum atomic E-state index is 13.4. The molecule has 2 heterocycles. The molecule has 1 amide bonds. The molecule has 4 rings (SSSR count). The molecule has 1 aliphatic rings. The number of hydrogen-bond acceptors (Lipinski definition) is 6. The molecule has 32 heavy (non-hydrogen) atoms. The summed E-state index contributed by atoms with van der Waals surface area (Å²) in [5, 5.41) is 13.1. The predicted molar refractivity (Wildman–Crippen MR) is 124 cm³/mol. The van der Waals surface area contributed by atoms with Gasteiger partial charge in [0.15, 0.2) is 17.3 Å². The predicted octanol–water partition coefficient (Wildman–Crippen LogP) is 5.51. The lowest BCUT2D eigenvalue weighted by Crippen LogP contribution is -2.31. The first-order valence-electron chi connectivity index (χ1n) is 9.71. The van der Waals surface area contributed by atoms with Crippen LogP contribution in [0.3, 0.4) is 0 Å². The van der Waals surface area contributed by atoms with Crippen LogP contribution in [0.1, 0.15) is 26.8 Å². The van der Waals surface area contributed by atoms with Gasteiger partial charge in [0.05, 0.1) is 30.7 Å². The minimum atomic E-state index is -0.880. The van der Waals surface area contributed by atoms with Crippen LogP contribution in [-0.2, 0) is 4.79 Å². The number of ether oxygens (including phenoxy) is 2. The van der Waals surface area contributed by atoms with Gasteiger partial charge in [0.25, 0.3) is 5.91 Å². The van der Waals surface area contributed by atoms with Crippen LogP contribution >= 0.6 is 22.9 Å². The molecule has 0 spiro atoms. The van der Waals surface area contributed by atoms with Gasteiger partial charge in [-0.3, -0.25) is 14.5 Å². The molecule has 0 aliphatic carbocycles. The molecule has 1 unspecified atom stereocenters. The first kappa shape index (κ1) is 21.9.